The van der Waals surface area contributed by atoms with E-state index >= 15 is 0 Å². The summed E-state index contributed by atoms with van der Waals surface area (Å²) in [5.41, 5.74) is 5.95. The van der Waals surface area contributed by atoms with Gasteiger partial charge < -0.3 is 10.8 Å². The summed E-state index contributed by atoms with van der Waals surface area (Å²) in [6.07, 6.45) is 0.465. The molecule has 3 N–H and O–H groups in total. The van der Waals surface area contributed by atoms with Gasteiger partial charge in [-0.25, -0.2) is 0 Å². The number of aliphatic hydroxyl groups is 1. The van der Waals surface area contributed by atoms with Gasteiger partial charge in [-0.15, -0.1) is 0 Å². The monoisotopic (exact) mass is 255 g/mol. The molecule has 0 atom stereocenters. The number of hydrogen-bond acceptors (Lipinski definition) is 2. The van der Waals surface area contributed by atoms with E-state index < -0.39 is 0 Å². The summed E-state index contributed by atoms with van der Waals surface area (Å²) in [6.45, 7) is 10.1. The van der Waals surface area contributed by atoms with E-state index in [9.17, 15) is 4.79 Å². The molecule has 0 aromatic heterocycles. The fourth-order valence-electron chi connectivity index (χ4n) is 1.11. The van der Waals surface area contributed by atoms with Crippen LogP contribution in [0.5, 0.6) is 0 Å². The topological polar surface area (TPSA) is 63.3 Å². The van der Waals surface area contributed by atoms with Gasteiger partial charge in [0.2, 0.25) is 5.91 Å². The van der Waals surface area contributed by atoms with Crippen LogP contribution in [0, 0.1) is 5.41 Å². The van der Waals surface area contributed by atoms with E-state index in [0.717, 1.165) is 5.56 Å². The van der Waals surface area contributed by atoms with Gasteiger partial charge in [-0.3, -0.25) is 4.79 Å². The molecule has 0 saturated carbocycles. The zero-order valence-electron chi connectivity index (χ0n) is 12.2. The van der Waals surface area contributed by atoms with E-state index in [1.807, 2.05) is 65.0 Å². The Morgan fingerprint density at radius 3 is 1.83 bits per heavy atom. The van der Waals surface area contributed by atoms with Crippen LogP contribution in [-0.4, -0.2) is 11.0 Å². The van der Waals surface area contributed by atoms with Crippen LogP contribution in [0.25, 0.3) is 0 Å². The van der Waals surface area contributed by atoms with Gasteiger partial charge in [0.25, 0.3) is 0 Å². The van der Waals surface area contributed by atoms with Crippen molar-refractivity contribution in [3.63, 3.8) is 0 Å². The molecular formula is C15H29NO2. The van der Waals surface area contributed by atoms with Crippen molar-refractivity contribution in [2.75, 3.05) is 0 Å². The molecule has 1 aromatic rings. The highest BCUT2D eigenvalue weighted by molar-refractivity contribution is 5.74. The van der Waals surface area contributed by atoms with E-state index in [1.165, 1.54) is 0 Å². The molecule has 0 heterocycles. The molecule has 18 heavy (non-hydrogen) atoms. The van der Waals surface area contributed by atoms with Crippen LogP contribution in [0.1, 0.15) is 48.0 Å². The molecule has 3 heteroatoms. The van der Waals surface area contributed by atoms with Crippen LogP contribution in [-0.2, 0) is 11.4 Å². The number of rotatable bonds is 2. The van der Waals surface area contributed by atoms with Crippen molar-refractivity contribution in [1.82, 2.24) is 0 Å². The molecular weight excluding hydrogens is 226 g/mol. The third kappa shape index (κ3) is 14.6. The van der Waals surface area contributed by atoms with Gasteiger partial charge in [0.1, 0.15) is 0 Å². The third-order valence-electron chi connectivity index (χ3n) is 1.73. The Balaban J connectivity index is -0.000000228. The summed E-state index contributed by atoms with van der Waals surface area (Å²) in [4.78, 5) is 10.2. The molecule has 0 fully saturated rings. The molecule has 0 spiro atoms. The Morgan fingerprint density at radius 2 is 1.67 bits per heavy atom. The molecule has 3 nitrogen and oxygen atoms in total. The third-order valence-corrected chi connectivity index (χ3v) is 1.73. The second kappa shape index (κ2) is 10.8. The lowest BCUT2D eigenvalue weighted by atomic mass is 9.92. The van der Waals surface area contributed by atoms with Gasteiger partial charge in [0.15, 0.2) is 0 Å². The zero-order chi connectivity index (χ0) is 14.6. The van der Waals surface area contributed by atoms with E-state index in [1.54, 1.807) is 0 Å². The standard InChI is InChI=1S/C7H8O.C6H13NO.C2H6.H2/c8-6-7-4-2-1-3-5-7;1-6(2,3)4-5(7)8;1-2;/h1-5,8H,6H2;4H2,1-3H3,(H2,7,8);1-2H3;1H. The first-order valence-electron chi connectivity index (χ1n) is 6.28. The Morgan fingerprint density at radius 1 is 1.22 bits per heavy atom. The van der Waals surface area contributed by atoms with Crippen molar-refractivity contribution < 1.29 is 11.3 Å². The molecule has 0 aliphatic heterocycles. The average molecular weight is 255 g/mol. The van der Waals surface area contributed by atoms with Crippen LogP contribution in [0.3, 0.4) is 0 Å². The van der Waals surface area contributed by atoms with Crippen molar-refractivity contribution in [3.8, 4) is 0 Å². The van der Waals surface area contributed by atoms with Crippen LogP contribution >= 0.6 is 0 Å². The van der Waals surface area contributed by atoms with Crippen LogP contribution in [0.15, 0.2) is 30.3 Å². The Kier molecular flexibility index (Phi) is 11.4. The molecule has 0 aliphatic rings. The van der Waals surface area contributed by atoms with E-state index in [-0.39, 0.29) is 19.4 Å². The molecule has 0 unspecified atom stereocenters. The molecule has 1 amide bonds. The van der Waals surface area contributed by atoms with E-state index in [4.69, 9.17) is 10.8 Å². The summed E-state index contributed by atoms with van der Waals surface area (Å²) >= 11 is 0. The molecule has 0 bridgehead atoms. The summed E-state index contributed by atoms with van der Waals surface area (Å²) in [7, 11) is 0. The quantitative estimate of drug-likeness (QED) is 0.851. The highest BCUT2D eigenvalue weighted by Gasteiger charge is 2.12. The molecule has 1 rings (SSSR count). The Hall–Kier alpha value is -1.35. The predicted molar refractivity (Wildman–Crippen MR) is 79.1 cm³/mol. The van der Waals surface area contributed by atoms with Crippen molar-refractivity contribution in [2.45, 2.75) is 47.6 Å². The predicted octanol–water partition coefficient (Wildman–Crippen LogP) is 3.36. The molecule has 0 aliphatic carbocycles. The number of carbonyl (C=O) groups excluding carboxylic acids is 1. The van der Waals surface area contributed by atoms with E-state index in [2.05, 4.69) is 0 Å². The highest BCUT2D eigenvalue weighted by atomic mass is 16.3. The second-order valence-corrected chi connectivity index (χ2v) is 4.85. The molecule has 0 radical (unpaired) electrons. The number of hydrogen-bond donors (Lipinski definition) is 2. The fourth-order valence-corrected chi connectivity index (χ4v) is 1.11. The Labute approximate surface area is 113 Å². The minimum Gasteiger partial charge on any atom is -0.392 e. The SMILES string of the molecule is CC.CC(C)(C)CC(N)=O.OCc1ccccc1.[HH]. The van der Waals surface area contributed by atoms with Gasteiger partial charge in [-0.05, 0) is 11.0 Å². The zero-order valence-corrected chi connectivity index (χ0v) is 12.2. The summed E-state index contributed by atoms with van der Waals surface area (Å²) in [6, 6.07) is 9.52. The largest absolute Gasteiger partial charge is 0.392 e. The lowest BCUT2D eigenvalue weighted by Crippen LogP contribution is -2.19. The van der Waals surface area contributed by atoms with Crippen LogP contribution < -0.4 is 5.73 Å². The van der Waals surface area contributed by atoms with Gasteiger partial charge >= 0.3 is 0 Å². The number of amides is 1. The first kappa shape index (κ1) is 19.0. The van der Waals surface area contributed by atoms with E-state index in [0.29, 0.717) is 6.42 Å². The fraction of sp³-hybridized carbons (Fsp3) is 0.533. The van der Waals surface area contributed by atoms with Crippen molar-refractivity contribution in [2.24, 2.45) is 11.1 Å². The molecule has 1 aromatic carbocycles. The highest BCUT2D eigenvalue weighted by Crippen LogP contribution is 2.16. The first-order valence-corrected chi connectivity index (χ1v) is 6.28. The lowest BCUT2D eigenvalue weighted by Gasteiger charge is -2.13. The summed E-state index contributed by atoms with van der Waals surface area (Å²) < 4.78 is 0. The van der Waals surface area contributed by atoms with Gasteiger partial charge in [0.05, 0.1) is 6.61 Å². The van der Waals surface area contributed by atoms with Crippen molar-refractivity contribution in [3.05, 3.63) is 35.9 Å². The smallest absolute Gasteiger partial charge is 0.217 e. The van der Waals surface area contributed by atoms with Crippen molar-refractivity contribution >= 4 is 5.91 Å². The normalized spacial score (nSPS) is 9.44. The van der Waals surface area contributed by atoms with Gasteiger partial charge in [0, 0.05) is 7.85 Å². The van der Waals surface area contributed by atoms with Crippen LogP contribution in [0.2, 0.25) is 0 Å². The second-order valence-electron chi connectivity index (χ2n) is 4.85. The maximum atomic E-state index is 10.2. The number of carbonyl (C=O) groups is 1. The first-order chi connectivity index (χ1) is 8.35. The van der Waals surface area contributed by atoms with Crippen molar-refractivity contribution in [1.29, 1.82) is 0 Å². The van der Waals surface area contributed by atoms with Gasteiger partial charge in [-0.2, -0.15) is 0 Å². The number of nitrogens with two attached hydrogens (primary N) is 1. The Bertz CT molecular complexity index is 308. The van der Waals surface area contributed by atoms with Crippen LogP contribution in [0.4, 0.5) is 0 Å². The van der Waals surface area contributed by atoms with Gasteiger partial charge in [-0.1, -0.05) is 65.0 Å². The number of aliphatic hydroxyl groups excluding tert-OH is 1. The summed E-state index contributed by atoms with van der Waals surface area (Å²) in [5.74, 6) is -0.225. The minimum absolute atomic E-state index is 0. The molecule has 106 valence electrons. The number of benzene rings is 1. The lowest BCUT2D eigenvalue weighted by molar-refractivity contribution is -0.119. The maximum absolute atomic E-state index is 10.2. The minimum atomic E-state index is -0.225. The maximum Gasteiger partial charge on any atom is 0.217 e. The molecule has 0 saturated heterocycles. The number of primary amides is 1. The average Bonchev–Trinajstić information content (AvgIpc) is 2.30. The summed E-state index contributed by atoms with van der Waals surface area (Å²) in [5, 5.41) is 8.54.